The molecule has 1 aromatic rings. The zero-order valence-corrected chi connectivity index (χ0v) is 18.8. The maximum Gasteiger partial charge on any atom is 0.242 e. The van der Waals surface area contributed by atoms with Gasteiger partial charge in [0.1, 0.15) is 12.3 Å². The summed E-state index contributed by atoms with van der Waals surface area (Å²) in [4.78, 5) is 16.5. The van der Waals surface area contributed by atoms with Gasteiger partial charge in [0.05, 0.1) is 7.11 Å². The molecule has 0 heterocycles. The first-order chi connectivity index (χ1) is 12.7. The SMILES string of the molecule is CCNC(=NCC(=O)NC1CCCCC1)NCCc1ccc(OC)cc1.I. The molecule has 0 atom stereocenters. The van der Waals surface area contributed by atoms with Crippen molar-refractivity contribution in [2.45, 2.75) is 51.5 Å². The van der Waals surface area contributed by atoms with Crippen LogP contribution in [0.25, 0.3) is 0 Å². The Morgan fingerprint density at radius 1 is 1.15 bits per heavy atom. The number of benzene rings is 1. The average molecular weight is 488 g/mol. The molecule has 3 N–H and O–H groups in total. The minimum atomic E-state index is 0. The van der Waals surface area contributed by atoms with E-state index in [1.807, 2.05) is 19.1 Å². The van der Waals surface area contributed by atoms with Crippen LogP contribution in [-0.4, -0.2) is 44.7 Å². The summed E-state index contributed by atoms with van der Waals surface area (Å²) in [5.74, 6) is 1.55. The molecule has 1 aliphatic rings. The molecule has 6 nitrogen and oxygen atoms in total. The second-order valence-electron chi connectivity index (χ2n) is 6.62. The largest absolute Gasteiger partial charge is 0.497 e. The highest BCUT2D eigenvalue weighted by Crippen LogP contribution is 2.17. The normalized spacial score (nSPS) is 14.8. The van der Waals surface area contributed by atoms with Crippen molar-refractivity contribution in [3.8, 4) is 5.75 Å². The summed E-state index contributed by atoms with van der Waals surface area (Å²) in [5, 5.41) is 9.57. The summed E-state index contributed by atoms with van der Waals surface area (Å²) < 4.78 is 5.17. The maximum absolute atomic E-state index is 12.1. The number of carbonyl (C=O) groups is 1. The number of guanidine groups is 1. The van der Waals surface area contributed by atoms with Crippen LogP contribution in [0.1, 0.15) is 44.6 Å². The van der Waals surface area contributed by atoms with Gasteiger partial charge in [-0.1, -0.05) is 31.4 Å². The Morgan fingerprint density at radius 3 is 2.48 bits per heavy atom. The number of halogens is 1. The van der Waals surface area contributed by atoms with Gasteiger partial charge in [-0.15, -0.1) is 24.0 Å². The molecular formula is C20H33IN4O2. The van der Waals surface area contributed by atoms with Gasteiger partial charge in [-0.2, -0.15) is 0 Å². The molecule has 7 heteroatoms. The van der Waals surface area contributed by atoms with Crippen LogP contribution in [0, 0.1) is 0 Å². The Kier molecular flexibility index (Phi) is 11.9. The lowest BCUT2D eigenvalue weighted by atomic mass is 9.95. The number of carbonyl (C=O) groups excluding carboxylic acids is 1. The van der Waals surface area contributed by atoms with Crippen LogP contribution in [-0.2, 0) is 11.2 Å². The third kappa shape index (κ3) is 9.30. The predicted octanol–water partition coefficient (Wildman–Crippen LogP) is 2.86. The van der Waals surface area contributed by atoms with Gasteiger partial charge >= 0.3 is 0 Å². The van der Waals surface area contributed by atoms with Crippen LogP contribution in [0.5, 0.6) is 5.75 Å². The number of methoxy groups -OCH3 is 1. The molecule has 1 fully saturated rings. The first-order valence-electron chi connectivity index (χ1n) is 9.65. The Morgan fingerprint density at radius 2 is 1.85 bits per heavy atom. The highest BCUT2D eigenvalue weighted by molar-refractivity contribution is 14.0. The third-order valence-electron chi connectivity index (χ3n) is 4.56. The fourth-order valence-electron chi connectivity index (χ4n) is 3.13. The monoisotopic (exact) mass is 488 g/mol. The highest BCUT2D eigenvalue weighted by Gasteiger charge is 2.15. The summed E-state index contributed by atoms with van der Waals surface area (Å²) in [6.45, 7) is 3.69. The molecule has 0 bridgehead atoms. The van der Waals surface area contributed by atoms with Gasteiger partial charge < -0.3 is 20.7 Å². The molecular weight excluding hydrogens is 455 g/mol. The lowest BCUT2D eigenvalue weighted by Crippen LogP contribution is -2.41. The number of hydrogen-bond acceptors (Lipinski definition) is 3. The van der Waals surface area contributed by atoms with Crippen molar-refractivity contribution in [3.05, 3.63) is 29.8 Å². The summed E-state index contributed by atoms with van der Waals surface area (Å²) in [6, 6.07) is 8.37. The van der Waals surface area contributed by atoms with Gasteiger partial charge in [-0.25, -0.2) is 4.99 Å². The number of aliphatic imine (C=N–C) groups is 1. The van der Waals surface area contributed by atoms with Gasteiger partial charge in [0.2, 0.25) is 5.91 Å². The zero-order chi connectivity index (χ0) is 18.6. The summed E-state index contributed by atoms with van der Waals surface area (Å²) >= 11 is 0. The van der Waals surface area contributed by atoms with E-state index in [-0.39, 0.29) is 36.4 Å². The minimum absolute atomic E-state index is 0. The van der Waals surface area contributed by atoms with Gasteiger partial charge in [-0.3, -0.25) is 4.79 Å². The number of nitrogens with zero attached hydrogens (tertiary/aromatic N) is 1. The lowest BCUT2D eigenvalue weighted by molar-refractivity contribution is -0.120. The fourth-order valence-corrected chi connectivity index (χ4v) is 3.13. The molecule has 27 heavy (non-hydrogen) atoms. The molecule has 0 saturated heterocycles. The second kappa shape index (κ2) is 13.6. The van der Waals surface area contributed by atoms with Crippen molar-refractivity contribution < 1.29 is 9.53 Å². The molecule has 2 rings (SSSR count). The van der Waals surface area contributed by atoms with Crippen LogP contribution in [0.4, 0.5) is 0 Å². The average Bonchev–Trinajstić information content (AvgIpc) is 2.67. The smallest absolute Gasteiger partial charge is 0.242 e. The van der Waals surface area contributed by atoms with E-state index < -0.39 is 0 Å². The minimum Gasteiger partial charge on any atom is -0.497 e. The molecule has 152 valence electrons. The first-order valence-corrected chi connectivity index (χ1v) is 9.65. The molecule has 1 saturated carbocycles. The van der Waals surface area contributed by atoms with E-state index in [1.54, 1.807) is 7.11 Å². The van der Waals surface area contributed by atoms with Gasteiger partial charge in [0, 0.05) is 19.1 Å². The highest BCUT2D eigenvalue weighted by atomic mass is 127. The van der Waals surface area contributed by atoms with Crippen molar-refractivity contribution in [1.82, 2.24) is 16.0 Å². The summed E-state index contributed by atoms with van der Waals surface area (Å²) in [5.41, 5.74) is 1.23. The van der Waals surface area contributed by atoms with Crippen molar-refractivity contribution in [1.29, 1.82) is 0 Å². The van der Waals surface area contributed by atoms with Crippen LogP contribution in [0.2, 0.25) is 0 Å². The van der Waals surface area contributed by atoms with Crippen molar-refractivity contribution in [2.75, 3.05) is 26.7 Å². The molecule has 0 unspecified atom stereocenters. The van der Waals surface area contributed by atoms with E-state index in [4.69, 9.17) is 4.74 Å². The molecule has 0 aromatic heterocycles. The number of ether oxygens (including phenoxy) is 1. The molecule has 0 spiro atoms. The molecule has 1 aromatic carbocycles. The quantitative estimate of drug-likeness (QED) is 0.299. The van der Waals surface area contributed by atoms with Crippen LogP contribution in [0.3, 0.4) is 0 Å². The van der Waals surface area contributed by atoms with Crippen LogP contribution in [0.15, 0.2) is 29.3 Å². The second-order valence-corrected chi connectivity index (χ2v) is 6.62. The van der Waals surface area contributed by atoms with Crippen molar-refractivity contribution >= 4 is 35.8 Å². The molecule has 0 aliphatic heterocycles. The predicted molar refractivity (Wildman–Crippen MR) is 121 cm³/mol. The van der Waals surface area contributed by atoms with Crippen LogP contribution >= 0.6 is 24.0 Å². The topological polar surface area (TPSA) is 74.8 Å². The third-order valence-corrected chi connectivity index (χ3v) is 4.56. The molecule has 1 aliphatic carbocycles. The van der Waals surface area contributed by atoms with Gasteiger partial charge in [0.15, 0.2) is 5.96 Å². The maximum atomic E-state index is 12.1. The Balaban J connectivity index is 0.00000364. The van der Waals surface area contributed by atoms with E-state index in [0.717, 1.165) is 38.1 Å². The van der Waals surface area contributed by atoms with Crippen molar-refractivity contribution in [3.63, 3.8) is 0 Å². The Bertz CT molecular complexity index is 572. The molecule has 1 amide bonds. The number of amides is 1. The summed E-state index contributed by atoms with van der Waals surface area (Å²) in [7, 11) is 1.67. The fraction of sp³-hybridized carbons (Fsp3) is 0.600. The van der Waals surface area contributed by atoms with Crippen LogP contribution < -0.4 is 20.7 Å². The van der Waals surface area contributed by atoms with Gasteiger partial charge in [-0.05, 0) is 43.9 Å². The summed E-state index contributed by atoms with van der Waals surface area (Å²) in [6.07, 6.45) is 6.77. The number of rotatable bonds is 8. The first kappa shape index (κ1) is 23.5. The Labute approximate surface area is 179 Å². The van der Waals surface area contributed by atoms with E-state index in [1.165, 1.54) is 24.8 Å². The Hall–Kier alpha value is -1.51. The van der Waals surface area contributed by atoms with Crippen molar-refractivity contribution in [2.24, 2.45) is 4.99 Å². The van der Waals surface area contributed by atoms with E-state index in [9.17, 15) is 4.79 Å². The number of nitrogens with one attached hydrogen (secondary N) is 3. The standard InChI is InChI=1S/C20H32N4O2.HI/c1-3-21-20(22-14-13-16-9-11-18(26-2)12-10-16)23-15-19(25)24-17-7-5-4-6-8-17;/h9-12,17H,3-8,13-15H2,1-2H3,(H,24,25)(H2,21,22,23);1H. The lowest BCUT2D eigenvalue weighted by Gasteiger charge is -2.22. The van der Waals surface area contributed by atoms with E-state index >= 15 is 0 Å². The zero-order valence-electron chi connectivity index (χ0n) is 16.4. The molecule has 0 radical (unpaired) electrons. The van der Waals surface area contributed by atoms with E-state index in [0.29, 0.717) is 12.0 Å². The number of hydrogen-bond donors (Lipinski definition) is 3. The van der Waals surface area contributed by atoms with E-state index in [2.05, 4.69) is 33.1 Å². The van der Waals surface area contributed by atoms with Gasteiger partial charge in [0.25, 0.3) is 0 Å².